The van der Waals surface area contributed by atoms with Crippen LogP contribution in [0.15, 0.2) is 217 Å². The number of benzene rings is 10. The molecule has 0 radical (unpaired) electrons. The summed E-state index contributed by atoms with van der Waals surface area (Å²) in [5.41, 5.74) is 12.2. The lowest BCUT2D eigenvalue weighted by atomic mass is 9.97. The first-order valence-corrected chi connectivity index (χ1v) is 19.2. The second kappa shape index (κ2) is 13.2. The summed E-state index contributed by atoms with van der Waals surface area (Å²) in [5.74, 6) is 0. The van der Waals surface area contributed by atoms with Crippen LogP contribution in [0, 0.1) is 0 Å². The maximum absolute atomic E-state index is 6.28. The predicted octanol–water partition coefficient (Wildman–Crippen LogP) is 15.5. The average Bonchev–Trinajstić information content (AvgIpc) is 3.66. The molecule has 2 nitrogen and oxygen atoms in total. The Kier molecular flexibility index (Phi) is 7.53. The van der Waals surface area contributed by atoms with E-state index < -0.39 is 0 Å². The Bertz CT molecular complexity index is 3250. The molecule has 2 heteroatoms. The molecule has 0 bridgehead atoms. The van der Waals surface area contributed by atoms with E-state index in [2.05, 4.69) is 205 Å². The SMILES string of the molecule is c1cc(-c2cccc3oc4ccccc4c23)cc(N(c2ccc(-c3ccc(-c4ccc5ccccc5c4)cc3)cc2)c2ccc3c(ccc4ccccc43)c2)c1. The molecule has 0 saturated heterocycles. The third kappa shape index (κ3) is 5.51. The molecule has 0 unspecified atom stereocenters. The Balaban J connectivity index is 1.00. The largest absolute Gasteiger partial charge is 0.456 e. The van der Waals surface area contributed by atoms with E-state index in [0.29, 0.717) is 0 Å². The second-order valence-electron chi connectivity index (χ2n) is 14.5. The lowest BCUT2D eigenvalue weighted by Crippen LogP contribution is -2.10. The highest BCUT2D eigenvalue weighted by Crippen LogP contribution is 2.42. The lowest BCUT2D eigenvalue weighted by molar-refractivity contribution is 0.669. The van der Waals surface area contributed by atoms with Gasteiger partial charge in [-0.15, -0.1) is 0 Å². The van der Waals surface area contributed by atoms with Gasteiger partial charge in [-0.25, -0.2) is 0 Å². The van der Waals surface area contributed by atoms with Crippen molar-refractivity contribution in [2.24, 2.45) is 0 Å². The first kappa shape index (κ1) is 32.0. The van der Waals surface area contributed by atoms with Crippen molar-refractivity contribution in [2.45, 2.75) is 0 Å². The maximum Gasteiger partial charge on any atom is 0.136 e. The number of hydrogen-bond acceptors (Lipinski definition) is 2. The standard InChI is InChI=1S/C54H35NO/c1-2-11-41-33-42(25-23-36(41)9-1)39-21-19-37(20-22-39)38-27-29-45(30-28-38)55(47-31-32-49-44(35-47)26-24-40-10-3-4-14-48(40)49)46-13-7-12-43(34-46)50-16-8-18-53-54(50)51-15-5-6-17-52(51)56-53/h1-35H. The Morgan fingerprint density at radius 2 is 0.857 bits per heavy atom. The minimum absolute atomic E-state index is 0.897. The first-order chi connectivity index (χ1) is 27.7. The molecule has 0 fully saturated rings. The summed E-state index contributed by atoms with van der Waals surface area (Å²) in [7, 11) is 0. The van der Waals surface area contributed by atoms with Gasteiger partial charge in [0, 0.05) is 27.8 Å². The highest BCUT2D eigenvalue weighted by atomic mass is 16.3. The van der Waals surface area contributed by atoms with Crippen LogP contribution in [0.25, 0.3) is 87.6 Å². The molecule has 0 amide bonds. The van der Waals surface area contributed by atoms with Gasteiger partial charge < -0.3 is 9.32 Å². The molecule has 0 atom stereocenters. The molecule has 0 spiro atoms. The van der Waals surface area contributed by atoms with Crippen LogP contribution in [0.3, 0.4) is 0 Å². The summed E-state index contributed by atoms with van der Waals surface area (Å²) in [6.45, 7) is 0. The van der Waals surface area contributed by atoms with E-state index in [1.165, 1.54) is 54.6 Å². The van der Waals surface area contributed by atoms with Crippen molar-refractivity contribution in [1.82, 2.24) is 0 Å². The number of para-hydroxylation sites is 1. The minimum atomic E-state index is 0.897. The van der Waals surface area contributed by atoms with Crippen LogP contribution < -0.4 is 4.90 Å². The van der Waals surface area contributed by atoms with Gasteiger partial charge in [0.15, 0.2) is 0 Å². The van der Waals surface area contributed by atoms with Crippen molar-refractivity contribution < 1.29 is 4.42 Å². The number of rotatable bonds is 6. The van der Waals surface area contributed by atoms with Crippen LogP contribution in [0.4, 0.5) is 17.1 Å². The van der Waals surface area contributed by atoms with Crippen molar-refractivity contribution in [3.8, 4) is 33.4 Å². The molecule has 1 aromatic heterocycles. The number of fused-ring (bicyclic) bond motifs is 7. The zero-order chi connectivity index (χ0) is 37.0. The third-order valence-electron chi connectivity index (χ3n) is 11.2. The number of anilines is 3. The monoisotopic (exact) mass is 713 g/mol. The van der Waals surface area contributed by atoms with Crippen molar-refractivity contribution >= 4 is 71.3 Å². The van der Waals surface area contributed by atoms with Crippen molar-refractivity contribution in [3.63, 3.8) is 0 Å². The minimum Gasteiger partial charge on any atom is -0.456 e. The van der Waals surface area contributed by atoms with Gasteiger partial charge in [-0.05, 0) is 120 Å². The quantitative estimate of drug-likeness (QED) is 0.160. The topological polar surface area (TPSA) is 16.4 Å². The van der Waals surface area contributed by atoms with Crippen LogP contribution in [0.1, 0.15) is 0 Å². The molecule has 10 aromatic carbocycles. The first-order valence-electron chi connectivity index (χ1n) is 19.2. The summed E-state index contributed by atoms with van der Waals surface area (Å²) in [5, 5.41) is 9.76. The molecular formula is C54H35NO. The third-order valence-corrected chi connectivity index (χ3v) is 11.2. The number of furan rings is 1. The van der Waals surface area contributed by atoms with Crippen molar-refractivity contribution in [1.29, 1.82) is 0 Å². The molecule has 0 aliphatic heterocycles. The second-order valence-corrected chi connectivity index (χ2v) is 14.5. The van der Waals surface area contributed by atoms with Gasteiger partial charge in [0.05, 0.1) is 0 Å². The summed E-state index contributed by atoms with van der Waals surface area (Å²) in [6, 6.07) is 76.6. The van der Waals surface area contributed by atoms with Crippen LogP contribution >= 0.6 is 0 Å². The fourth-order valence-corrected chi connectivity index (χ4v) is 8.44. The van der Waals surface area contributed by atoms with Gasteiger partial charge in [-0.2, -0.15) is 0 Å². The molecule has 0 aliphatic rings. The molecule has 0 aliphatic carbocycles. The van der Waals surface area contributed by atoms with Gasteiger partial charge in [-0.3, -0.25) is 0 Å². The molecule has 262 valence electrons. The van der Waals surface area contributed by atoms with E-state index in [-0.39, 0.29) is 0 Å². The Morgan fingerprint density at radius 3 is 1.70 bits per heavy atom. The van der Waals surface area contributed by atoms with E-state index in [0.717, 1.165) is 50.1 Å². The average molecular weight is 714 g/mol. The van der Waals surface area contributed by atoms with E-state index in [9.17, 15) is 0 Å². The highest BCUT2D eigenvalue weighted by molar-refractivity contribution is 6.13. The zero-order valence-electron chi connectivity index (χ0n) is 30.6. The Morgan fingerprint density at radius 1 is 0.286 bits per heavy atom. The van der Waals surface area contributed by atoms with Crippen molar-refractivity contribution in [2.75, 3.05) is 4.90 Å². The zero-order valence-corrected chi connectivity index (χ0v) is 30.6. The Hall–Kier alpha value is -7.42. The van der Waals surface area contributed by atoms with E-state index in [1.807, 2.05) is 12.1 Å². The van der Waals surface area contributed by atoms with Crippen LogP contribution in [-0.2, 0) is 0 Å². The van der Waals surface area contributed by atoms with Gasteiger partial charge in [0.25, 0.3) is 0 Å². The normalized spacial score (nSPS) is 11.6. The van der Waals surface area contributed by atoms with E-state index >= 15 is 0 Å². The van der Waals surface area contributed by atoms with Crippen molar-refractivity contribution in [3.05, 3.63) is 212 Å². The number of hydrogen-bond donors (Lipinski definition) is 0. The van der Waals surface area contributed by atoms with E-state index in [1.54, 1.807) is 0 Å². The Labute approximate surface area is 325 Å². The molecule has 1 heterocycles. The summed E-state index contributed by atoms with van der Waals surface area (Å²) < 4.78 is 6.28. The summed E-state index contributed by atoms with van der Waals surface area (Å²) >= 11 is 0. The molecule has 11 rings (SSSR count). The fraction of sp³-hybridized carbons (Fsp3) is 0. The van der Waals surface area contributed by atoms with Gasteiger partial charge in [0.1, 0.15) is 11.2 Å². The highest BCUT2D eigenvalue weighted by Gasteiger charge is 2.17. The molecular weight excluding hydrogens is 679 g/mol. The van der Waals surface area contributed by atoms with E-state index in [4.69, 9.17) is 4.42 Å². The predicted molar refractivity (Wildman–Crippen MR) is 237 cm³/mol. The smallest absolute Gasteiger partial charge is 0.136 e. The molecule has 0 saturated carbocycles. The molecule has 56 heavy (non-hydrogen) atoms. The summed E-state index contributed by atoms with van der Waals surface area (Å²) in [6.07, 6.45) is 0. The number of nitrogens with zero attached hydrogens (tertiary/aromatic N) is 1. The molecule has 0 N–H and O–H groups in total. The fourth-order valence-electron chi connectivity index (χ4n) is 8.44. The van der Waals surface area contributed by atoms with Gasteiger partial charge in [0.2, 0.25) is 0 Å². The summed E-state index contributed by atoms with van der Waals surface area (Å²) in [4.78, 5) is 2.37. The maximum atomic E-state index is 6.28. The molecule has 11 aromatic rings. The van der Waals surface area contributed by atoms with Crippen LogP contribution in [0.5, 0.6) is 0 Å². The van der Waals surface area contributed by atoms with Gasteiger partial charge in [-0.1, -0.05) is 158 Å². The van der Waals surface area contributed by atoms with Crippen LogP contribution in [-0.4, -0.2) is 0 Å². The lowest BCUT2D eigenvalue weighted by Gasteiger charge is -2.27. The van der Waals surface area contributed by atoms with Gasteiger partial charge >= 0.3 is 0 Å². The van der Waals surface area contributed by atoms with Crippen LogP contribution in [0.2, 0.25) is 0 Å².